The van der Waals surface area contributed by atoms with Gasteiger partial charge in [-0.05, 0) is 18.6 Å². The van der Waals surface area contributed by atoms with Gasteiger partial charge in [-0.3, -0.25) is 4.79 Å². The molecule has 0 aliphatic carbocycles. The minimum atomic E-state index is -4.16. The first-order valence-electron chi connectivity index (χ1n) is 5.38. The van der Waals surface area contributed by atoms with Gasteiger partial charge in [0.05, 0.1) is 0 Å². The second kappa shape index (κ2) is 5.92. The van der Waals surface area contributed by atoms with Crippen LogP contribution < -0.4 is 4.72 Å². The number of aliphatic carboxylic acids is 1. The number of rotatable bonds is 6. The minimum Gasteiger partial charge on any atom is -0.480 e. The molecular formula is C11H14FNO4S. The van der Waals surface area contributed by atoms with Gasteiger partial charge in [0, 0.05) is 0 Å². The molecule has 0 heterocycles. The van der Waals surface area contributed by atoms with Gasteiger partial charge in [0.15, 0.2) is 0 Å². The Morgan fingerprint density at radius 1 is 1.44 bits per heavy atom. The van der Waals surface area contributed by atoms with Gasteiger partial charge in [-0.1, -0.05) is 25.5 Å². The molecule has 1 atom stereocenters. The first kappa shape index (κ1) is 14.6. The topological polar surface area (TPSA) is 83.5 Å². The summed E-state index contributed by atoms with van der Waals surface area (Å²) in [5.41, 5.74) is 0. The van der Waals surface area contributed by atoms with Crippen molar-refractivity contribution in [2.24, 2.45) is 0 Å². The molecular weight excluding hydrogens is 261 g/mol. The highest BCUT2D eigenvalue weighted by Crippen LogP contribution is 2.14. The summed E-state index contributed by atoms with van der Waals surface area (Å²) in [6.07, 6.45) is 0.639. The monoisotopic (exact) mass is 275 g/mol. The van der Waals surface area contributed by atoms with Crippen molar-refractivity contribution < 1.29 is 22.7 Å². The van der Waals surface area contributed by atoms with Crippen LogP contribution in [0, 0.1) is 5.82 Å². The Labute approximate surface area is 105 Å². The number of nitrogens with one attached hydrogen (secondary N) is 1. The lowest BCUT2D eigenvalue weighted by molar-refractivity contribution is -0.139. The SMILES string of the molecule is CCCC(NS(=O)(=O)c1ccccc1F)C(=O)O. The summed E-state index contributed by atoms with van der Waals surface area (Å²) < 4.78 is 39.0. The van der Waals surface area contributed by atoms with Crippen LogP contribution in [0.1, 0.15) is 19.8 Å². The zero-order valence-electron chi connectivity index (χ0n) is 9.76. The van der Waals surface area contributed by atoms with Gasteiger partial charge < -0.3 is 5.11 Å². The number of hydrogen-bond acceptors (Lipinski definition) is 3. The number of benzene rings is 1. The van der Waals surface area contributed by atoms with Crippen molar-refractivity contribution in [3.8, 4) is 0 Å². The second-order valence-corrected chi connectivity index (χ2v) is 5.41. The predicted octanol–water partition coefficient (Wildman–Crippen LogP) is 1.36. The molecule has 0 spiro atoms. The lowest BCUT2D eigenvalue weighted by atomic mass is 10.2. The van der Waals surface area contributed by atoms with Crippen molar-refractivity contribution in [2.75, 3.05) is 0 Å². The summed E-state index contributed by atoms with van der Waals surface area (Å²) >= 11 is 0. The van der Waals surface area contributed by atoms with E-state index in [9.17, 15) is 17.6 Å². The molecule has 0 aliphatic heterocycles. The van der Waals surface area contributed by atoms with E-state index in [-0.39, 0.29) is 6.42 Å². The largest absolute Gasteiger partial charge is 0.480 e. The van der Waals surface area contributed by atoms with Crippen LogP contribution in [0.3, 0.4) is 0 Å². The summed E-state index contributed by atoms with van der Waals surface area (Å²) in [4.78, 5) is 10.3. The Kier molecular flexibility index (Phi) is 4.80. The third-order valence-electron chi connectivity index (χ3n) is 2.30. The Hall–Kier alpha value is -1.47. The average molecular weight is 275 g/mol. The van der Waals surface area contributed by atoms with Crippen molar-refractivity contribution in [3.05, 3.63) is 30.1 Å². The zero-order valence-corrected chi connectivity index (χ0v) is 10.6. The van der Waals surface area contributed by atoms with E-state index in [1.165, 1.54) is 12.1 Å². The number of hydrogen-bond donors (Lipinski definition) is 2. The third-order valence-corrected chi connectivity index (χ3v) is 3.80. The van der Waals surface area contributed by atoms with Gasteiger partial charge in [-0.15, -0.1) is 0 Å². The van der Waals surface area contributed by atoms with E-state index in [2.05, 4.69) is 0 Å². The molecule has 7 heteroatoms. The molecule has 0 amide bonds. The van der Waals surface area contributed by atoms with E-state index in [0.717, 1.165) is 12.1 Å². The predicted molar refractivity (Wildman–Crippen MR) is 63.1 cm³/mol. The molecule has 0 aromatic heterocycles. The highest BCUT2D eigenvalue weighted by atomic mass is 32.2. The first-order chi connectivity index (χ1) is 8.38. The highest BCUT2D eigenvalue weighted by Gasteiger charge is 2.26. The number of carboxylic acids is 1. The lowest BCUT2D eigenvalue weighted by Gasteiger charge is -2.14. The number of carbonyl (C=O) groups is 1. The standard InChI is InChI=1S/C11H14FNO4S/c1-2-5-9(11(14)15)13-18(16,17)10-7-4-3-6-8(10)12/h3-4,6-7,9,13H,2,5H2,1H3,(H,14,15). The molecule has 5 nitrogen and oxygen atoms in total. The molecule has 100 valence electrons. The van der Waals surface area contributed by atoms with E-state index >= 15 is 0 Å². The number of halogens is 1. The van der Waals surface area contributed by atoms with Crippen molar-refractivity contribution in [1.29, 1.82) is 0 Å². The van der Waals surface area contributed by atoms with Crippen molar-refractivity contribution in [2.45, 2.75) is 30.7 Å². The summed E-state index contributed by atoms with van der Waals surface area (Å²) in [5, 5.41) is 8.86. The second-order valence-electron chi connectivity index (χ2n) is 3.73. The van der Waals surface area contributed by atoms with E-state index in [0.29, 0.717) is 6.42 Å². The van der Waals surface area contributed by atoms with Crippen molar-refractivity contribution >= 4 is 16.0 Å². The van der Waals surface area contributed by atoms with Crippen LogP contribution in [-0.4, -0.2) is 25.5 Å². The van der Waals surface area contributed by atoms with Gasteiger partial charge >= 0.3 is 5.97 Å². The van der Waals surface area contributed by atoms with Crippen molar-refractivity contribution in [1.82, 2.24) is 4.72 Å². The molecule has 0 aliphatic rings. The van der Waals surface area contributed by atoms with Crippen LogP contribution in [-0.2, 0) is 14.8 Å². The number of carboxylic acid groups (broad SMARTS) is 1. The molecule has 18 heavy (non-hydrogen) atoms. The molecule has 0 saturated heterocycles. The van der Waals surface area contributed by atoms with Crippen LogP contribution in [0.4, 0.5) is 4.39 Å². The quantitative estimate of drug-likeness (QED) is 0.821. The highest BCUT2D eigenvalue weighted by molar-refractivity contribution is 7.89. The van der Waals surface area contributed by atoms with E-state index in [1.807, 2.05) is 4.72 Å². The maximum absolute atomic E-state index is 13.4. The van der Waals surface area contributed by atoms with Crippen molar-refractivity contribution in [3.63, 3.8) is 0 Å². The Balaban J connectivity index is 3.01. The normalized spacial score (nSPS) is 13.2. The fourth-order valence-electron chi connectivity index (χ4n) is 1.43. The van der Waals surface area contributed by atoms with Crippen LogP contribution in [0.5, 0.6) is 0 Å². The van der Waals surface area contributed by atoms with Gasteiger partial charge in [-0.2, -0.15) is 4.72 Å². The summed E-state index contributed by atoms with van der Waals surface area (Å²) in [7, 11) is -4.16. The molecule has 1 unspecified atom stereocenters. The lowest BCUT2D eigenvalue weighted by Crippen LogP contribution is -2.40. The molecule has 1 rings (SSSR count). The summed E-state index contributed by atoms with van der Waals surface area (Å²) in [6, 6.07) is 3.56. The Morgan fingerprint density at radius 3 is 2.56 bits per heavy atom. The first-order valence-corrected chi connectivity index (χ1v) is 6.86. The molecule has 0 radical (unpaired) electrons. The minimum absolute atomic E-state index is 0.142. The average Bonchev–Trinajstić information content (AvgIpc) is 2.28. The molecule has 1 aromatic rings. The van der Waals surface area contributed by atoms with Gasteiger partial charge in [0.1, 0.15) is 16.8 Å². The molecule has 1 aromatic carbocycles. The Bertz CT molecular complexity index is 530. The van der Waals surface area contributed by atoms with Crippen LogP contribution in [0.2, 0.25) is 0 Å². The van der Waals surface area contributed by atoms with Gasteiger partial charge in [0.2, 0.25) is 10.0 Å². The Morgan fingerprint density at radius 2 is 2.06 bits per heavy atom. The third kappa shape index (κ3) is 3.51. The fraction of sp³-hybridized carbons (Fsp3) is 0.364. The van der Waals surface area contributed by atoms with Crippen LogP contribution >= 0.6 is 0 Å². The van der Waals surface area contributed by atoms with E-state index in [1.54, 1.807) is 6.92 Å². The summed E-state index contributed by atoms with van der Waals surface area (Å²) in [6.45, 7) is 1.73. The molecule has 0 saturated carbocycles. The van der Waals surface area contributed by atoms with Gasteiger partial charge in [-0.25, -0.2) is 12.8 Å². The maximum atomic E-state index is 13.4. The zero-order chi connectivity index (χ0) is 13.8. The molecule has 0 fully saturated rings. The van der Waals surface area contributed by atoms with E-state index in [4.69, 9.17) is 5.11 Å². The molecule has 0 bridgehead atoms. The van der Waals surface area contributed by atoms with E-state index < -0.39 is 32.7 Å². The van der Waals surface area contributed by atoms with Gasteiger partial charge in [0.25, 0.3) is 0 Å². The fourth-order valence-corrected chi connectivity index (χ4v) is 2.74. The number of sulfonamides is 1. The van der Waals surface area contributed by atoms with Crippen LogP contribution in [0.25, 0.3) is 0 Å². The maximum Gasteiger partial charge on any atom is 0.321 e. The van der Waals surface area contributed by atoms with Crippen LogP contribution in [0.15, 0.2) is 29.2 Å². The smallest absolute Gasteiger partial charge is 0.321 e. The molecule has 2 N–H and O–H groups in total. The summed E-state index contributed by atoms with van der Waals surface area (Å²) in [5.74, 6) is -2.19.